The summed E-state index contributed by atoms with van der Waals surface area (Å²) in [7, 11) is -0.446. The first-order chi connectivity index (χ1) is 15.1. The molecule has 158 valence electrons. The molecule has 0 unspecified atom stereocenters. The zero-order valence-electron chi connectivity index (χ0n) is 18.3. The van der Waals surface area contributed by atoms with Crippen molar-refractivity contribution in [1.29, 1.82) is 0 Å². The lowest BCUT2D eigenvalue weighted by molar-refractivity contribution is 0.425. The Balaban J connectivity index is 0.000000196. The van der Waals surface area contributed by atoms with Gasteiger partial charge in [0, 0.05) is 5.33 Å². The lowest BCUT2D eigenvalue weighted by Crippen LogP contribution is -2.20. The zero-order chi connectivity index (χ0) is 21.9. The highest BCUT2D eigenvalue weighted by Gasteiger charge is 2.16. The van der Waals surface area contributed by atoms with Crippen LogP contribution in [0.4, 0.5) is 0 Å². The molecule has 31 heavy (non-hydrogen) atoms. The normalized spacial score (nSPS) is 11.0. The summed E-state index contributed by atoms with van der Waals surface area (Å²) < 4.78 is 0. The first-order valence-corrected chi connectivity index (χ1v) is 13.1. The minimum absolute atomic E-state index is 0.362. The molecule has 4 rings (SSSR count). The fourth-order valence-corrected chi connectivity index (χ4v) is 5.88. The lowest BCUT2D eigenvalue weighted by Gasteiger charge is -2.21. The van der Waals surface area contributed by atoms with Gasteiger partial charge in [-0.3, -0.25) is 0 Å². The minimum Gasteiger partial charge on any atom is -0.0922 e. The van der Waals surface area contributed by atoms with Crippen LogP contribution < -0.4 is 15.9 Å². The van der Waals surface area contributed by atoms with Gasteiger partial charge in [-0.2, -0.15) is 0 Å². The van der Waals surface area contributed by atoms with Crippen LogP contribution in [0.25, 0.3) is 0 Å². The Hall–Kier alpha value is -2.21. The molecule has 0 saturated heterocycles. The van der Waals surface area contributed by atoms with Crippen molar-refractivity contribution in [3.05, 3.63) is 127 Å². The molecule has 0 spiro atoms. The molecule has 0 heterocycles. The Kier molecular flexibility index (Phi) is 9.07. The Morgan fingerprint density at radius 2 is 0.871 bits per heavy atom. The molecule has 0 saturated carbocycles. The predicted molar refractivity (Wildman–Crippen MR) is 143 cm³/mol. The fraction of sp³-hybridized carbons (Fsp3) is 0.172. The Bertz CT molecular complexity index is 906. The smallest absolute Gasteiger partial charge is 0.00858 e. The van der Waals surface area contributed by atoms with Gasteiger partial charge in [0.15, 0.2) is 0 Å². The molecule has 0 bridgehead atoms. The van der Waals surface area contributed by atoms with Gasteiger partial charge in [-0.15, -0.1) is 0 Å². The molecule has 0 radical (unpaired) electrons. The van der Waals surface area contributed by atoms with E-state index in [9.17, 15) is 0 Å². The molecule has 0 aliphatic rings. The van der Waals surface area contributed by atoms with Gasteiger partial charge in [-0.1, -0.05) is 151 Å². The summed E-state index contributed by atoms with van der Waals surface area (Å²) in [5, 5.41) is 5.24. The number of rotatable bonds is 6. The number of benzene rings is 4. The maximum atomic E-state index is 3.53. The second-order valence-corrected chi connectivity index (χ2v) is 11.1. The molecule has 0 amide bonds. The monoisotopic (exact) mass is 488 g/mol. The van der Waals surface area contributed by atoms with Crippen LogP contribution in [0.3, 0.4) is 0 Å². The Morgan fingerprint density at radius 1 is 0.548 bits per heavy atom. The highest BCUT2D eigenvalue weighted by molar-refractivity contribution is 9.09. The molecule has 2 heteroatoms. The fourth-order valence-electron chi connectivity index (χ4n) is 3.37. The molecule has 0 aromatic heterocycles. The van der Waals surface area contributed by atoms with E-state index in [0.29, 0.717) is 5.41 Å². The summed E-state index contributed by atoms with van der Waals surface area (Å²) in [6, 6.07) is 42.9. The maximum Gasteiger partial charge on any atom is 0.00858 e. The summed E-state index contributed by atoms with van der Waals surface area (Å²) in [4.78, 5) is 0. The molecular formula is C29H30BrP. The number of alkyl halides is 1. The zero-order valence-corrected chi connectivity index (χ0v) is 20.8. The molecule has 0 fully saturated rings. The van der Waals surface area contributed by atoms with Crippen molar-refractivity contribution in [2.75, 3.05) is 5.33 Å². The van der Waals surface area contributed by atoms with E-state index in [2.05, 4.69) is 151 Å². The SMILES string of the molecule is CC(C)(CBr)Cc1ccccc1.c1ccc(P(c2ccccc2)c2ccccc2)cc1. The lowest BCUT2D eigenvalue weighted by atomic mass is 9.88. The Labute approximate surface area is 197 Å². The van der Waals surface area contributed by atoms with Crippen LogP contribution in [0.5, 0.6) is 0 Å². The minimum atomic E-state index is -0.446. The van der Waals surface area contributed by atoms with Crippen molar-refractivity contribution < 1.29 is 0 Å². The van der Waals surface area contributed by atoms with Gasteiger partial charge in [0.05, 0.1) is 0 Å². The molecular weight excluding hydrogens is 459 g/mol. The molecule has 0 nitrogen and oxygen atoms in total. The van der Waals surface area contributed by atoms with Crippen LogP contribution in [0.15, 0.2) is 121 Å². The van der Waals surface area contributed by atoms with Crippen LogP contribution in [0.2, 0.25) is 0 Å². The van der Waals surface area contributed by atoms with Crippen LogP contribution in [-0.4, -0.2) is 5.33 Å². The molecule has 0 atom stereocenters. The van der Waals surface area contributed by atoms with Gasteiger partial charge < -0.3 is 0 Å². The van der Waals surface area contributed by atoms with E-state index in [1.165, 1.54) is 21.5 Å². The van der Waals surface area contributed by atoms with Crippen molar-refractivity contribution in [3.8, 4) is 0 Å². The van der Waals surface area contributed by atoms with E-state index in [-0.39, 0.29) is 0 Å². The predicted octanol–water partition coefficient (Wildman–Crippen LogP) is 7.10. The van der Waals surface area contributed by atoms with Gasteiger partial charge in [0.25, 0.3) is 0 Å². The molecule has 0 aliphatic heterocycles. The van der Waals surface area contributed by atoms with E-state index in [0.717, 1.165) is 11.8 Å². The van der Waals surface area contributed by atoms with Crippen molar-refractivity contribution in [3.63, 3.8) is 0 Å². The number of hydrogen-bond acceptors (Lipinski definition) is 0. The second kappa shape index (κ2) is 12.0. The highest BCUT2D eigenvalue weighted by atomic mass is 79.9. The van der Waals surface area contributed by atoms with Gasteiger partial charge in [0.2, 0.25) is 0 Å². The average Bonchev–Trinajstić information content (AvgIpc) is 2.82. The maximum absolute atomic E-state index is 3.53. The van der Waals surface area contributed by atoms with Crippen LogP contribution in [0, 0.1) is 5.41 Å². The first kappa shape index (κ1) is 23.5. The summed E-state index contributed by atoms with van der Waals surface area (Å²) in [5.41, 5.74) is 1.78. The van der Waals surface area contributed by atoms with E-state index in [4.69, 9.17) is 0 Å². The van der Waals surface area contributed by atoms with Gasteiger partial charge >= 0.3 is 0 Å². The van der Waals surface area contributed by atoms with E-state index < -0.39 is 7.92 Å². The average molecular weight is 489 g/mol. The highest BCUT2D eigenvalue weighted by Crippen LogP contribution is 2.32. The third kappa shape index (κ3) is 7.46. The molecule has 0 aliphatic carbocycles. The van der Waals surface area contributed by atoms with E-state index in [1.54, 1.807) is 0 Å². The summed E-state index contributed by atoms with van der Waals surface area (Å²) >= 11 is 3.53. The van der Waals surface area contributed by atoms with E-state index >= 15 is 0 Å². The Morgan fingerprint density at radius 3 is 1.19 bits per heavy atom. The third-order valence-electron chi connectivity index (χ3n) is 4.93. The van der Waals surface area contributed by atoms with Gasteiger partial charge in [-0.25, -0.2) is 0 Å². The largest absolute Gasteiger partial charge is 0.0922 e. The van der Waals surface area contributed by atoms with Crippen molar-refractivity contribution in [2.45, 2.75) is 20.3 Å². The van der Waals surface area contributed by atoms with Crippen LogP contribution >= 0.6 is 23.9 Å². The van der Waals surface area contributed by atoms with Gasteiger partial charge in [-0.05, 0) is 41.2 Å². The standard InChI is InChI=1S/C18H15P.C11H15Br/c1-4-10-16(11-5-1)19(17-12-6-2-7-13-17)18-14-8-3-9-15-18;1-11(2,9-12)8-10-6-4-3-5-7-10/h1-15H;3-7H,8-9H2,1-2H3. The second-order valence-electron chi connectivity index (χ2n) is 8.30. The third-order valence-corrected chi connectivity index (χ3v) is 8.89. The topological polar surface area (TPSA) is 0 Å². The molecule has 0 N–H and O–H groups in total. The van der Waals surface area contributed by atoms with Crippen molar-refractivity contribution >= 4 is 39.8 Å². The van der Waals surface area contributed by atoms with E-state index in [1.807, 2.05) is 0 Å². The first-order valence-electron chi connectivity index (χ1n) is 10.6. The quantitative estimate of drug-likeness (QED) is 0.200. The van der Waals surface area contributed by atoms with Gasteiger partial charge in [0.1, 0.15) is 0 Å². The van der Waals surface area contributed by atoms with Crippen LogP contribution in [0.1, 0.15) is 19.4 Å². The van der Waals surface area contributed by atoms with Crippen LogP contribution in [-0.2, 0) is 6.42 Å². The molecule has 4 aromatic carbocycles. The summed E-state index contributed by atoms with van der Waals surface area (Å²) in [6.07, 6.45) is 1.14. The van der Waals surface area contributed by atoms with Crippen molar-refractivity contribution in [1.82, 2.24) is 0 Å². The summed E-state index contributed by atoms with van der Waals surface area (Å²) in [6.45, 7) is 4.55. The number of hydrogen-bond donors (Lipinski definition) is 0. The van der Waals surface area contributed by atoms with Crippen molar-refractivity contribution in [2.24, 2.45) is 5.41 Å². The number of halogens is 1. The molecule has 4 aromatic rings. The summed E-state index contributed by atoms with van der Waals surface area (Å²) in [5.74, 6) is 0.